The molecule has 1 N–H and O–H groups in total. The van der Waals surface area contributed by atoms with Gasteiger partial charge in [-0.25, -0.2) is 0 Å². The average Bonchev–Trinajstić information content (AvgIpc) is 2.36. The van der Waals surface area contributed by atoms with Crippen molar-refractivity contribution in [3.8, 4) is 0 Å². The van der Waals surface area contributed by atoms with Crippen LogP contribution < -0.4 is 5.32 Å². The lowest BCUT2D eigenvalue weighted by atomic mass is 9.54. The SMILES string of the molecule is CCCNC1CC(c2cccc(C)c2)C1(C)CC. The van der Waals surface area contributed by atoms with E-state index in [0.29, 0.717) is 11.5 Å². The van der Waals surface area contributed by atoms with E-state index in [1.54, 1.807) is 0 Å². The molecule has 100 valence electrons. The molecule has 3 atom stereocenters. The van der Waals surface area contributed by atoms with Gasteiger partial charge in [0.25, 0.3) is 0 Å². The fraction of sp³-hybridized carbons (Fsp3) is 0.647. The molecule has 1 aliphatic carbocycles. The molecule has 2 rings (SSSR count). The molecule has 0 saturated heterocycles. The van der Waals surface area contributed by atoms with Gasteiger partial charge in [0.2, 0.25) is 0 Å². The molecular formula is C17H27N. The van der Waals surface area contributed by atoms with Crippen molar-refractivity contribution in [2.75, 3.05) is 6.54 Å². The molecule has 1 fully saturated rings. The van der Waals surface area contributed by atoms with Crippen molar-refractivity contribution in [1.29, 1.82) is 0 Å². The van der Waals surface area contributed by atoms with Gasteiger partial charge in [0, 0.05) is 6.04 Å². The third kappa shape index (κ3) is 2.33. The third-order valence-corrected chi connectivity index (χ3v) is 4.91. The topological polar surface area (TPSA) is 12.0 Å². The maximum absolute atomic E-state index is 3.72. The molecular weight excluding hydrogens is 218 g/mol. The summed E-state index contributed by atoms with van der Waals surface area (Å²) in [6.45, 7) is 10.4. The molecule has 0 spiro atoms. The van der Waals surface area contributed by atoms with Crippen molar-refractivity contribution in [3.63, 3.8) is 0 Å². The van der Waals surface area contributed by atoms with Gasteiger partial charge >= 0.3 is 0 Å². The van der Waals surface area contributed by atoms with Crippen LogP contribution in [0, 0.1) is 12.3 Å². The Morgan fingerprint density at radius 2 is 2.11 bits per heavy atom. The Bertz CT molecular complexity index is 398. The van der Waals surface area contributed by atoms with Crippen molar-refractivity contribution in [2.24, 2.45) is 5.41 Å². The van der Waals surface area contributed by atoms with E-state index in [4.69, 9.17) is 0 Å². The second kappa shape index (κ2) is 5.44. The molecule has 0 aliphatic heterocycles. The van der Waals surface area contributed by atoms with Crippen molar-refractivity contribution >= 4 is 0 Å². The molecule has 0 radical (unpaired) electrons. The number of nitrogens with one attached hydrogen (secondary N) is 1. The summed E-state index contributed by atoms with van der Waals surface area (Å²) < 4.78 is 0. The van der Waals surface area contributed by atoms with E-state index < -0.39 is 0 Å². The lowest BCUT2D eigenvalue weighted by Crippen LogP contribution is -2.56. The Hall–Kier alpha value is -0.820. The predicted octanol–water partition coefficient (Wildman–Crippen LogP) is 4.27. The third-order valence-electron chi connectivity index (χ3n) is 4.91. The van der Waals surface area contributed by atoms with Gasteiger partial charge in [-0.3, -0.25) is 0 Å². The molecule has 0 amide bonds. The van der Waals surface area contributed by atoms with Gasteiger partial charge in [0.05, 0.1) is 0 Å². The van der Waals surface area contributed by atoms with Gasteiger partial charge in [-0.15, -0.1) is 0 Å². The van der Waals surface area contributed by atoms with E-state index in [2.05, 4.69) is 57.3 Å². The zero-order chi connectivity index (χ0) is 13.2. The molecule has 0 heterocycles. The van der Waals surface area contributed by atoms with Crippen LogP contribution in [-0.2, 0) is 0 Å². The maximum atomic E-state index is 3.72. The quantitative estimate of drug-likeness (QED) is 0.817. The molecule has 3 unspecified atom stereocenters. The van der Waals surface area contributed by atoms with Crippen LogP contribution in [0.1, 0.15) is 57.1 Å². The summed E-state index contributed by atoms with van der Waals surface area (Å²) in [6, 6.07) is 9.77. The van der Waals surface area contributed by atoms with Gasteiger partial charge in [0.1, 0.15) is 0 Å². The molecule has 0 bridgehead atoms. The molecule has 1 saturated carbocycles. The number of rotatable bonds is 5. The summed E-state index contributed by atoms with van der Waals surface area (Å²) in [5.41, 5.74) is 3.35. The highest BCUT2D eigenvalue weighted by molar-refractivity contribution is 5.31. The smallest absolute Gasteiger partial charge is 0.0133 e. The minimum absolute atomic E-state index is 0.433. The van der Waals surface area contributed by atoms with Crippen LogP contribution in [0.3, 0.4) is 0 Å². The first-order chi connectivity index (χ1) is 8.61. The van der Waals surface area contributed by atoms with E-state index in [1.165, 1.54) is 30.4 Å². The minimum atomic E-state index is 0.433. The fourth-order valence-corrected chi connectivity index (χ4v) is 3.39. The van der Waals surface area contributed by atoms with Crippen LogP contribution in [0.5, 0.6) is 0 Å². The Morgan fingerprint density at radius 1 is 1.33 bits per heavy atom. The highest BCUT2D eigenvalue weighted by Gasteiger charge is 2.50. The maximum Gasteiger partial charge on any atom is 0.0133 e. The van der Waals surface area contributed by atoms with Gasteiger partial charge in [-0.1, -0.05) is 50.6 Å². The zero-order valence-electron chi connectivity index (χ0n) is 12.3. The molecule has 1 aromatic rings. The van der Waals surface area contributed by atoms with E-state index in [9.17, 15) is 0 Å². The highest BCUT2D eigenvalue weighted by Crippen LogP contribution is 2.54. The van der Waals surface area contributed by atoms with Crippen molar-refractivity contribution < 1.29 is 0 Å². The lowest BCUT2D eigenvalue weighted by molar-refractivity contribution is 0.0445. The minimum Gasteiger partial charge on any atom is -0.313 e. The van der Waals surface area contributed by atoms with Crippen molar-refractivity contribution in [3.05, 3.63) is 35.4 Å². The predicted molar refractivity (Wildman–Crippen MR) is 79.0 cm³/mol. The van der Waals surface area contributed by atoms with Gasteiger partial charge in [-0.2, -0.15) is 0 Å². The van der Waals surface area contributed by atoms with Gasteiger partial charge in [-0.05, 0) is 49.6 Å². The van der Waals surface area contributed by atoms with Crippen LogP contribution in [-0.4, -0.2) is 12.6 Å². The zero-order valence-corrected chi connectivity index (χ0v) is 12.3. The van der Waals surface area contributed by atoms with Crippen LogP contribution in [0.4, 0.5) is 0 Å². The van der Waals surface area contributed by atoms with Crippen LogP contribution in [0.2, 0.25) is 0 Å². The first-order valence-electron chi connectivity index (χ1n) is 7.41. The summed E-state index contributed by atoms with van der Waals surface area (Å²) in [4.78, 5) is 0. The van der Waals surface area contributed by atoms with E-state index in [-0.39, 0.29) is 0 Å². The van der Waals surface area contributed by atoms with Crippen molar-refractivity contribution in [1.82, 2.24) is 5.32 Å². The normalized spacial score (nSPS) is 31.1. The average molecular weight is 245 g/mol. The summed E-state index contributed by atoms with van der Waals surface area (Å²) in [7, 11) is 0. The molecule has 1 aromatic carbocycles. The second-order valence-electron chi connectivity index (χ2n) is 6.07. The molecule has 18 heavy (non-hydrogen) atoms. The monoisotopic (exact) mass is 245 g/mol. The Morgan fingerprint density at radius 3 is 2.72 bits per heavy atom. The van der Waals surface area contributed by atoms with E-state index in [0.717, 1.165) is 12.5 Å². The van der Waals surface area contributed by atoms with Gasteiger partial charge < -0.3 is 5.32 Å². The lowest BCUT2D eigenvalue weighted by Gasteiger charge is -2.55. The number of benzene rings is 1. The van der Waals surface area contributed by atoms with E-state index in [1.807, 2.05) is 0 Å². The molecule has 0 aromatic heterocycles. The second-order valence-corrected chi connectivity index (χ2v) is 6.07. The molecule has 1 aliphatic rings. The highest BCUT2D eigenvalue weighted by atomic mass is 15.0. The summed E-state index contributed by atoms with van der Waals surface area (Å²) >= 11 is 0. The molecule has 1 nitrogen and oxygen atoms in total. The fourth-order valence-electron chi connectivity index (χ4n) is 3.39. The molecule has 1 heteroatoms. The first kappa shape index (κ1) is 13.6. The summed E-state index contributed by atoms with van der Waals surface area (Å²) in [6.07, 6.45) is 3.78. The Balaban J connectivity index is 2.12. The van der Waals surface area contributed by atoms with Crippen LogP contribution in [0.15, 0.2) is 24.3 Å². The Kier molecular flexibility index (Phi) is 4.11. The number of hydrogen-bond acceptors (Lipinski definition) is 1. The summed E-state index contributed by atoms with van der Waals surface area (Å²) in [5.74, 6) is 0.733. The van der Waals surface area contributed by atoms with Crippen LogP contribution >= 0.6 is 0 Å². The van der Waals surface area contributed by atoms with Crippen molar-refractivity contribution in [2.45, 2.75) is 58.9 Å². The number of hydrogen-bond donors (Lipinski definition) is 1. The Labute approximate surface area is 112 Å². The van der Waals surface area contributed by atoms with Gasteiger partial charge in [0.15, 0.2) is 0 Å². The summed E-state index contributed by atoms with van der Waals surface area (Å²) in [5, 5.41) is 3.72. The number of aryl methyl sites for hydroxylation is 1. The largest absolute Gasteiger partial charge is 0.313 e. The van der Waals surface area contributed by atoms with Crippen LogP contribution in [0.25, 0.3) is 0 Å². The van der Waals surface area contributed by atoms with E-state index >= 15 is 0 Å². The standard InChI is InChI=1S/C17H27N/c1-5-10-18-16-12-15(17(16,4)6-2)14-9-7-8-13(3)11-14/h7-9,11,15-16,18H,5-6,10,12H2,1-4H3. The first-order valence-corrected chi connectivity index (χ1v) is 7.41.